The van der Waals surface area contributed by atoms with Gasteiger partial charge in [0, 0.05) is 5.56 Å². The molecule has 0 saturated carbocycles. The lowest BCUT2D eigenvalue weighted by Crippen LogP contribution is -2.27. The van der Waals surface area contributed by atoms with Gasteiger partial charge in [0.15, 0.2) is 0 Å². The summed E-state index contributed by atoms with van der Waals surface area (Å²) >= 11 is 6.67. The molecule has 4 rings (SSSR count). The Hall–Kier alpha value is -3.03. The summed E-state index contributed by atoms with van der Waals surface area (Å²) in [6.45, 7) is 1.13. The predicted molar refractivity (Wildman–Crippen MR) is 121 cm³/mol. The van der Waals surface area contributed by atoms with Crippen LogP contribution in [0.5, 0.6) is 11.5 Å². The number of thiocarbonyl (C=S) groups is 1. The first-order valence-corrected chi connectivity index (χ1v) is 10.6. The average molecular weight is 438 g/mol. The first-order valence-electron chi connectivity index (χ1n) is 9.38. The number of para-hydroxylation sites is 2. The molecule has 1 amide bonds. The van der Waals surface area contributed by atoms with E-state index in [0.29, 0.717) is 40.5 Å². The van der Waals surface area contributed by atoms with Gasteiger partial charge in [0.25, 0.3) is 5.91 Å². The Morgan fingerprint density at radius 1 is 0.967 bits per heavy atom. The van der Waals surface area contributed by atoms with E-state index in [-0.39, 0.29) is 5.91 Å². The zero-order chi connectivity index (χ0) is 20.8. The molecule has 2 aromatic carbocycles. The van der Waals surface area contributed by atoms with E-state index in [9.17, 15) is 4.79 Å². The number of hydrogen-bond donors (Lipinski definition) is 0. The van der Waals surface area contributed by atoms with Gasteiger partial charge in [-0.15, -0.1) is 0 Å². The first-order chi connectivity index (χ1) is 14.7. The SMILES string of the molecule is O=C1C(=Cc2ccccc2OCCOc2ccccc2)SC(=S)N1Cc1ccco1. The minimum Gasteiger partial charge on any atom is -0.490 e. The van der Waals surface area contributed by atoms with E-state index in [1.807, 2.05) is 66.7 Å². The van der Waals surface area contributed by atoms with E-state index in [4.69, 9.17) is 26.1 Å². The smallest absolute Gasteiger partial charge is 0.266 e. The van der Waals surface area contributed by atoms with Crippen molar-refractivity contribution >= 4 is 40.3 Å². The van der Waals surface area contributed by atoms with Crippen LogP contribution in [0.4, 0.5) is 0 Å². The maximum atomic E-state index is 12.8. The molecule has 0 atom stereocenters. The lowest BCUT2D eigenvalue weighted by Gasteiger charge is -2.12. The average Bonchev–Trinajstić information content (AvgIpc) is 3.37. The van der Waals surface area contributed by atoms with Crippen LogP contribution in [0.1, 0.15) is 11.3 Å². The van der Waals surface area contributed by atoms with Gasteiger partial charge in [0.2, 0.25) is 0 Å². The molecule has 0 spiro atoms. The number of thioether (sulfide) groups is 1. The molecule has 7 heteroatoms. The number of nitrogens with zero attached hydrogens (tertiary/aromatic N) is 1. The Labute approximate surface area is 184 Å². The number of furan rings is 1. The third-order valence-electron chi connectivity index (χ3n) is 4.33. The third-order valence-corrected chi connectivity index (χ3v) is 5.70. The van der Waals surface area contributed by atoms with Crippen molar-refractivity contribution in [3.8, 4) is 11.5 Å². The number of rotatable bonds is 8. The molecule has 0 unspecified atom stereocenters. The molecule has 3 aromatic rings. The third kappa shape index (κ3) is 4.93. The molecule has 1 fully saturated rings. The highest BCUT2D eigenvalue weighted by Crippen LogP contribution is 2.35. The van der Waals surface area contributed by atoms with Crippen molar-refractivity contribution in [3.05, 3.63) is 89.2 Å². The zero-order valence-corrected chi connectivity index (χ0v) is 17.7. The second-order valence-electron chi connectivity index (χ2n) is 6.40. The molecule has 2 heterocycles. The molecule has 152 valence electrons. The highest BCUT2D eigenvalue weighted by Gasteiger charge is 2.32. The Bertz CT molecular complexity index is 1050. The lowest BCUT2D eigenvalue weighted by molar-refractivity contribution is -0.122. The fraction of sp³-hybridized carbons (Fsp3) is 0.130. The van der Waals surface area contributed by atoms with Crippen molar-refractivity contribution in [3.63, 3.8) is 0 Å². The number of ether oxygens (including phenoxy) is 2. The van der Waals surface area contributed by atoms with Crippen LogP contribution in [0.25, 0.3) is 6.08 Å². The molecule has 0 bridgehead atoms. The first kappa shape index (κ1) is 20.3. The maximum Gasteiger partial charge on any atom is 0.266 e. The van der Waals surface area contributed by atoms with E-state index in [0.717, 1.165) is 11.3 Å². The summed E-state index contributed by atoms with van der Waals surface area (Å²) in [7, 11) is 0. The van der Waals surface area contributed by atoms with E-state index < -0.39 is 0 Å². The summed E-state index contributed by atoms with van der Waals surface area (Å²) < 4.78 is 17.4. The van der Waals surface area contributed by atoms with E-state index in [1.165, 1.54) is 11.8 Å². The van der Waals surface area contributed by atoms with Crippen LogP contribution >= 0.6 is 24.0 Å². The second-order valence-corrected chi connectivity index (χ2v) is 8.07. The molecule has 30 heavy (non-hydrogen) atoms. The largest absolute Gasteiger partial charge is 0.490 e. The van der Waals surface area contributed by atoms with Gasteiger partial charge in [0.1, 0.15) is 34.8 Å². The standard InChI is InChI=1S/C23H19NO4S2/c25-22-21(30-23(29)24(22)16-19-10-6-12-26-19)15-17-7-4-5-11-20(17)28-14-13-27-18-8-2-1-3-9-18/h1-12,15H,13-14,16H2. The molecule has 1 aromatic heterocycles. The van der Waals surface area contributed by atoms with Gasteiger partial charge >= 0.3 is 0 Å². The molecule has 1 aliphatic rings. The van der Waals surface area contributed by atoms with Gasteiger partial charge in [-0.2, -0.15) is 0 Å². The van der Waals surface area contributed by atoms with E-state index in [1.54, 1.807) is 17.2 Å². The number of hydrogen-bond acceptors (Lipinski definition) is 6. The lowest BCUT2D eigenvalue weighted by atomic mass is 10.2. The van der Waals surface area contributed by atoms with Crippen molar-refractivity contribution in [2.24, 2.45) is 0 Å². The van der Waals surface area contributed by atoms with Crippen LogP contribution in [0.2, 0.25) is 0 Å². The van der Waals surface area contributed by atoms with Gasteiger partial charge in [-0.3, -0.25) is 9.69 Å². The van der Waals surface area contributed by atoms with Gasteiger partial charge in [-0.1, -0.05) is 60.4 Å². The summed E-state index contributed by atoms with van der Waals surface area (Å²) in [6, 6.07) is 20.8. The Balaban J connectivity index is 1.41. The highest BCUT2D eigenvalue weighted by atomic mass is 32.2. The fourth-order valence-electron chi connectivity index (χ4n) is 2.89. The Morgan fingerprint density at radius 3 is 2.53 bits per heavy atom. The molecule has 0 N–H and O–H groups in total. The van der Waals surface area contributed by atoms with E-state index in [2.05, 4.69) is 0 Å². The van der Waals surface area contributed by atoms with Crippen LogP contribution in [-0.2, 0) is 11.3 Å². The number of carbonyl (C=O) groups excluding carboxylic acids is 1. The minimum atomic E-state index is -0.136. The van der Waals surface area contributed by atoms with Crippen LogP contribution < -0.4 is 9.47 Å². The number of amides is 1. The van der Waals surface area contributed by atoms with Crippen molar-refractivity contribution in [2.45, 2.75) is 6.54 Å². The van der Waals surface area contributed by atoms with Gasteiger partial charge in [0.05, 0.1) is 17.7 Å². The van der Waals surface area contributed by atoms with Crippen molar-refractivity contribution in [1.82, 2.24) is 4.90 Å². The molecular weight excluding hydrogens is 418 g/mol. The Morgan fingerprint density at radius 2 is 1.73 bits per heavy atom. The van der Waals surface area contributed by atoms with Gasteiger partial charge in [-0.25, -0.2) is 0 Å². The van der Waals surface area contributed by atoms with Crippen molar-refractivity contribution in [2.75, 3.05) is 13.2 Å². The molecular formula is C23H19NO4S2. The summed E-state index contributed by atoms with van der Waals surface area (Å²) in [4.78, 5) is 14.9. The maximum absolute atomic E-state index is 12.8. The predicted octanol–water partition coefficient (Wildman–Crippen LogP) is 5.14. The van der Waals surface area contributed by atoms with Crippen LogP contribution in [0.15, 0.2) is 82.3 Å². The van der Waals surface area contributed by atoms with Gasteiger partial charge in [-0.05, 0) is 36.4 Å². The Kier molecular flexibility index (Phi) is 6.51. The monoisotopic (exact) mass is 437 g/mol. The van der Waals surface area contributed by atoms with Crippen LogP contribution in [-0.4, -0.2) is 28.3 Å². The molecule has 0 radical (unpaired) electrons. The van der Waals surface area contributed by atoms with E-state index >= 15 is 0 Å². The van der Waals surface area contributed by atoms with Crippen LogP contribution in [0, 0.1) is 0 Å². The molecule has 0 aliphatic carbocycles. The molecule has 5 nitrogen and oxygen atoms in total. The van der Waals surface area contributed by atoms with Crippen molar-refractivity contribution < 1.29 is 18.7 Å². The molecule has 1 saturated heterocycles. The highest BCUT2D eigenvalue weighted by molar-refractivity contribution is 8.26. The van der Waals surface area contributed by atoms with Crippen molar-refractivity contribution in [1.29, 1.82) is 0 Å². The summed E-state index contributed by atoms with van der Waals surface area (Å²) in [5.74, 6) is 2.04. The summed E-state index contributed by atoms with van der Waals surface area (Å²) in [6.07, 6.45) is 3.40. The van der Waals surface area contributed by atoms with Gasteiger partial charge < -0.3 is 13.9 Å². The summed E-state index contributed by atoms with van der Waals surface area (Å²) in [5, 5.41) is 0. The normalized spacial score (nSPS) is 15.1. The second kappa shape index (κ2) is 9.65. The molecule has 1 aliphatic heterocycles. The number of benzene rings is 2. The summed E-state index contributed by atoms with van der Waals surface area (Å²) in [5.41, 5.74) is 0.815. The topological polar surface area (TPSA) is 51.9 Å². The quantitative estimate of drug-likeness (QED) is 0.276. The zero-order valence-electron chi connectivity index (χ0n) is 16.0. The number of carbonyl (C=O) groups is 1. The van der Waals surface area contributed by atoms with Crippen LogP contribution in [0.3, 0.4) is 0 Å². The fourth-order valence-corrected chi connectivity index (χ4v) is 4.14. The minimum absolute atomic E-state index is 0.136.